The van der Waals surface area contributed by atoms with Crippen LogP contribution in [-0.4, -0.2) is 75.6 Å². The van der Waals surface area contributed by atoms with Crippen molar-refractivity contribution >= 4 is 46.7 Å². The number of nitrogens with zero attached hydrogens (tertiary/aromatic N) is 2. The predicted molar refractivity (Wildman–Crippen MR) is 174 cm³/mol. The molecule has 3 N–H and O–H groups in total. The summed E-state index contributed by atoms with van der Waals surface area (Å²) in [5, 5.41) is 3.03. The number of fused-ring (bicyclic) bond motifs is 1. The van der Waals surface area contributed by atoms with Crippen molar-refractivity contribution in [2.45, 2.75) is 71.3 Å². The molecule has 5 rings (SSSR count). The summed E-state index contributed by atoms with van der Waals surface area (Å²) in [4.78, 5) is 63.2. The molecule has 2 saturated heterocycles. The predicted octanol–water partition coefficient (Wildman–Crippen LogP) is 5.48. The van der Waals surface area contributed by atoms with Crippen molar-refractivity contribution in [3.63, 3.8) is 0 Å². The zero-order chi connectivity index (χ0) is 34.5. The molecule has 254 valence electrons. The fraction of sp³-hybridized carbons (Fsp3) is 0.485. The quantitative estimate of drug-likeness (QED) is 0.279. The summed E-state index contributed by atoms with van der Waals surface area (Å²) in [6.45, 7) is 11.0. The van der Waals surface area contributed by atoms with E-state index in [1.165, 1.54) is 12.1 Å². The normalized spacial score (nSPS) is 20.0. The van der Waals surface area contributed by atoms with Crippen LogP contribution in [0.4, 0.5) is 8.78 Å². The molecule has 0 saturated carbocycles. The second-order valence-electron chi connectivity index (χ2n) is 13.4. The lowest BCUT2D eigenvalue weighted by molar-refractivity contribution is -0.150. The highest BCUT2D eigenvalue weighted by Gasteiger charge is 2.50. The van der Waals surface area contributed by atoms with Crippen LogP contribution in [0.25, 0.3) is 10.1 Å². The van der Waals surface area contributed by atoms with Crippen molar-refractivity contribution in [3.8, 4) is 0 Å². The molecule has 2 aliphatic rings. The molecule has 0 bridgehead atoms. The Kier molecular flexibility index (Phi) is 9.71. The van der Waals surface area contributed by atoms with E-state index in [2.05, 4.69) is 11.4 Å². The van der Waals surface area contributed by atoms with Gasteiger partial charge in [-0.3, -0.25) is 18.9 Å². The van der Waals surface area contributed by atoms with E-state index < -0.39 is 42.2 Å². The van der Waals surface area contributed by atoms with Gasteiger partial charge in [-0.2, -0.15) is 8.78 Å². The number of hydrogen-bond acceptors (Lipinski definition) is 6. The number of alkyl halides is 2. The molecule has 47 heavy (non-hydrogen) atoms. The van der Waals surface area contributed by atoms with Crippen LogP contribution < -0.4 is 5.32 Å². The fourth-order valence-corrected chi connectivity index (χ4v) is 7.67. The second-order valence-corrected chi connectivity index (χ2v) is 16.1. The molecule has 3 atom stereocenters. The first-order chi connectivity index (χ1) is 21.9. The van der Waals surface area contributed by atoms with Gasteiger partial charge >= 0.3 is 13.3 Å². The van der Waals surface area contributed by atoms with Gasteiger partial charge in [0.1, 0.15) is 18.2 Å². The first kappa shape index (κ1) is 35.1. The molecular formula is C33H40F2N3O7PS. The van der Waals surface area contributed by atoms with Crippen molar-refractivity contribution in [3.05, 3.63) is 69.6 Å². The van der Waals surface area contributed by atoms with Crippen molar-refractivity contribution in [1.82, 2.24) is 15.1 Å². The van der Waals surface area contributed by atoms with Crippen molar-refractivity contribution in [2.75, 3.05) is 26.2 Å². The van der Waals surface area contributed by atoms with Crippen molar-refractivity contribution in [1.29, 1.82) is 0 Å². The van der Waals surface area contributed by atoms with Crippen molar-refractivity contribution in [2.24, 2.45) is 5.41 Å². The largest absolute Gasteiger partial charge is 0.399 e. The number of benzene rings is 2. The van der Waals surface area contributed by atoms with Crippen LogP contribution in [-0.2, 0) is 24.6 Å². The number of morpholine rings is 1. The van der Waals surface area contributed by atoms with Crippen LogP contribution in [0.15, 0.2) is 42.5 Å². The summed E-state index contributed by atoms with van der Waals surface area (Å²) in [6, 6.07) is 8.94. The maximum atomic E-state index is 14.3. The zero-order valence-corrected chi connectivity index (χ0v) is 28.7. The third-order valence-corrected chi connectivity index (χ3v) is 10.9. The number of carbonyl (C=O) groups is 3. The smallest absolute Gasteiger partial charge is 0.370 e. The first-order valence-corrected chi connectivity index (χ1v) is 17.9. The Morgan fingerprint density at radius 1 is 1.06 bits per heavy atom. The molecule has 10 nitrogen and oxygen atoms in total. The van der Waals surface area contributed by atoms with E-state index in [4.69, 9.17) is 14.5 Å². The van der Waals surface area contributed by atoms with E-state index in [0.29, 0.717) is 43.8 Å². The topological polar surface area (TPSA) is 136 Å². The molecule has 14 heteroatoms. The number of carbonyl (C=O) groups excluding carboxylic acids is 3. The third-order valence-electron chi connectivity index (χ3n) is 8.81. The number of nitrogens with one attached hydrogen (secondary N) is 1. The monoisotopic (exact) mass is 691 g/mol. The van der Waals surface area contributed by atoms with Gasteiger partial charge in [0.05, 0.1) is 18.0 Å². The summed E-state index contributed by atoms with van der Waals surface area (Å²) in [5.74, 6) is -1.14. The number of ether oxygens (including phenoxy) is 1. The van der Waals surface area contributed by atoms with E-state index in [0.717, 1.165) is 40.2 Å². The molecule has 2 fully saturated rings. The van der Waals surface area contributed by atoms with E-state index in [-0.39, 0.29) is 28.2 Å². The number of thiophene rings is 1. The molecule has 2 unspecified atom stereocenters. The Hall–Kier alpha value is -3.22. The first-order valence-electron chi connectivity index (χ1n) is 15.4. The van der Waals surface area contributed by atoms with Gasteiger partial charge < -0.3 is 29.6 Å². The minimum atomic E-state index is -5.77. The molecule has 0 spiro atoms. The number of likely N-dealkylation sites (tertiary alicyclic amines) is 1. The second kappa shape index (κ2) is 13.0. The number of aryl methyl sites for hydroxylation is 2. The highest BCUT2D eigenvalue weighted by atomic mass is 32.1. The Bertz CT molecular complexity index is 1750. The lowest BCUT2D eigenvalue weighted by atomic mass is 9.85. The SMILES string of the molecule is Cc1ccc(C2CN(C(=O)[C@@H]3CCCN3C(=O)C(NC(=O)c3cc4cc(C(F)(F)P(=O)(O)O)ccc4s3)C(C)(C)C)CCO2)c(C)c1. The molecule has 3 aromatic rings. The molecule has 1 aromatic heterocycles. The summed E-state index contributed by atoms with van der Waals surface area (Å²) >= 11 is 1.00. The van der Waals surface area contributed by atoms with Crippen molar-refractivity contribution < 1.29 is 42.3 Å². The van der Waals surface area contributed by atoms with Gasteiger partial charge in [-0.05, 0) is 66.8 Å². The van der Waals surface area contributed by atoms with Gasteiger partial charge in [0.25, 0.3) is 5.91 Å². The lowest BCUT2D eigenvalue weighted by Gasteiger charge is -2.39. The van der Waals surface area contributed by atoms with Gasteiger partial charge in [-0.25, -0.2) is 0 Å². The molecule has 3 amide bonds. The van der Waals surface area contributed by atoms with Crippen LogP contribution in [0.2, 0.25) is 0 Å². The molecule has 0 aliphatic carbocycles. The molecular weight excluding hydrogens is 651 g/mol. The lowest BCUT2D eigenvalue weighted by Crippen LogP contribution is -2.58. The van der Waals surface area contributed by atoms with Gasteiger partial charge in [0.2, 0.25) is 11.8 Å². The van der Waals surface area contributed by atoms with Crippen LogP contribution >= 0.6 is 18.9 Å². The van der Waals surface area contributed by atoms with Gasteiger partial charge in [0, 0.05) is 23.4 Å². The van der Waals surface area contributed by atoms with E-state index in [1.807, 2.05) is 26.0 Å². The minimum absolute atomic E-state index is 0.138. The van der Waals surface area contributed by atoms with E-state index >= 15 is 0 Å². The average molecular weight is 692 g/mol. The van der Waals surface area contributed by atoms with Crippen LogP contribution in [0.3, 0.4) is 0 Å². The minimum Gasteiger partial charge on any atom is -0.370 e. The number of hydrogen-bond donors (Lipinski definition) is 3. The Morgan fingerprint density at radius 2 is 1.79 bits per heavy atom. The molecule has 2 aliphatic heterocycles. The van der Waals surface area contributed by atoms with E-state index in [1.54, 1.807) is 30.6 Å². The molecule has 2 aromatic carbocycles. The Labute approximate surface area is 276 Å². The van der Waals surface area contributed by atoms with E-state index in [9.17, 15) is 27.7 Å². The standard InChI is InChI=1S/C33H40F2N3O7PS/c1-19-8-10-23(20(2)15-19)25-18-37(13-14-45-25)30(40)24-7-6-12-38(24)31(41)28(32(3,4)5)36-29(39)27-17-21-16-22(9-11-26(21)47-27)33(34,35)46(42,43)44/h8-11,15-17,24-25,28H,6-7,12-14,18H2,1-5H3,(H,36,39)(H2,42,43,44)/t24-,25?,28?/m0/s1. The maximum Gasteiger partial charge on any atom is 0.399 e. The summed E-state index contributed by atoms with van der Waals surface area (Å²) in [5.41, 5.74) is -2.75. The Balaban J connectivity index is 1.32. The number of rotatable bonds is 7. The fourth-order valence-electron chi connectivity index (χ4n) is 6.25. The molecule has 3 heterocycles. The summed E-state index contributed by atoms with van der Waals surface area (Å²) in [7, 11) is -5.77. The average Bonchev–Trinajstić information content (AvgIpc) is 3.65. The number of amides is 3. The summed E-state index contributed by atoms with van der Waals surface area (Å²) < 4.78 is 46.5. The zero-order valence-electron chi connectivity index (χ0n) is 27.0. The molecule has 0 radical (unpaired) electrons. The van der Waals surface area contributed by atoms with Crippen LogP contribution in [0, 0.1) is 19.3 Å². The summed E-state index contributed by atoms with van der Waals surface area (Å²) in [6.07, 6.45) is 0.857. The number of halogens is 2. The van der Waals surface area contributed by atoms with Gasteiger partial charge in [-0.1, -0.05) is 50.6 Å². The highest BCUT2D eigenvalue weighted by Crippen LogP contribution is 2.59. The van der Waals surface area contributed by atoms with Gasteiger partial charge in [-0.15, -0.1) is 11.3 Å². The maximum absolute atomic E-state index is 14.3. The Morgan fingerprint density at radius 3 is 2.45 bits per heavy atom. The van der Waals surface area contributed by atoms with Crippen LogP contribution in [0.1, 0.15) is 71.6 Å². The van der Waals surface area contributed by atoms with Gasteiger partial charge in [0.15, 0.2) is 0 Å². The highest BCUT2D eigenvalue weighted by molar-refractivity contribution is 7.52. The third kappa shape index (κ3) is 7.15. The van der Waals surface area contributed by atoms with Crippen LogP contribution in [0.5, 0.6) is 0 Å².